The van der Waals surface area contributed by atoms with Crippen molar-refractivity contribution in [3.8, 4) is 0 Å². The second kappa shape index (κ2) is 6.76. The van der Waals surface area contributed by atoms with Crippen molar-refractivity contribution in [2.24, 2.45) is 0 Å². The maximum atomic E-state index is 12.6. The summed E-state index contributed by atoms with van der Waals surface area (Å²) in [6.45, 7) is 3.33. The van der Waals surface area contributed by atoms with Gasteiger partial charge in [0.05, 0.1) is 8.66 Å². The molecule has 0 aliphatic carbocycles. The van der Waals surface area contributed by atoms with Gasteiger partial charge in [0, 0.05) is 42.2 Å². The molecule has 1 aliphatic heterocycles. The van der Waals surface area contributed by atoms with Crippen molar-refractivity contribution in [2.45, 2.75) is 6.42 Å². The van der Waals surface area contributed by atoms with Gasteiger partial charge in [-0.2, -0.15) is 0 Å². The van der Waals surface area contributed by atoms with E-state index in [1.807, 2.05) is 22.5 Å². The fourth-order valence-electron chi connectivity index (χ4n) is 2.29. The lowest BCUT2D eigenvalue weighted by atomic mass is 10.3. The van der Waals surface area contributed by atoms with Crippen LogP contribution in [0.5, 0.6) is 0 Å². The first-order chi connectivity index (χ1) is 10.1. The Balaban J connectivity index is 1.68. The predicted molar refractivity (Wildman–Crippen MR) is 94.6 cm³/mol. The molecule has 0 atom stereocenters. The molecule has 0 unspecified atom stereocenters. The Morgan fingerprint density at radius 3 is 2.76 bits per heavy atom. The van der Waals surface area contributed by atoms with E-state index in [0.29, 0.717) is 0 Å². The number of aromatic nitrogens is 1. The van der Waals surface area contributed by atoms with Crippen LogP contribution in [0.3, 0.4) is 0 Å². The Morgan fingerprint density at radius 1 is 1.24 bits per heavy atom. The van der Waals surface area contributed by atoms with Crippen LogP contribution in [0.15, 0.2) is 25.9 Å². The molecule has 0 saturated carbocycles. The van der Waals surface area contributed by atoms with E-state index in [0.717, 1.165) is 50.9 Å². The molecule has 0 bridgehead atoms. The van der Waals surface area contributed by atoms with E-state index in [2.05, 4.69) is 41.7 Å². The van der Waals surface area contributed by atoms with Crippen molar-refractivity contribution in [3.05, 3.63) is 30.8 Å². The first kappa shape index (κ1) is 15.5. The highest BCUT2D eigenvalue weighted by Gasteiger charge is 2.23. The van der Waals surface area contributed by atoms with Gasteiger partial charge >= 0.3 is 0 Å². The summed E-state index contributed by atoms with van der Waals surface area (Å²) in [7, 11) is 0. The molecule has 3 rings (SSSR count). The van der Waals surface area contributed by atoms with Crippen LogP contribution in [-0.2, 0) is 0 Å². The van der Waals surface area contributed by atoms with E-state index in [4.69, 9.17) is 0 Å². The van der Waals surface area contributed by atoms with Crippen molar-refractivity contribution in [1.82, 2.24) is 9.88 Å². The minimum atomic E-state index is 0.118. The summed E-state index contributed by atoms with van der Waals surface area (Å²) in [5.74, 6) is 0.118. The zero-order chi connectivity index (χ0) is 14.8. The minimum absolute atomic E-state index is 0.118. The fourth-order valence-corrected chi connectivity index (χ4v) is 4.99. The Kier molecular flexibility index (Phi) is 4.98. The number of thiazole rings is 1. The molecular formula is C13H13Br2N3OS2. The smallest absolute Gasteiger partial charge is 0.264 e. The first-order valence-electron chi connectivity index (χ1n) is 6.53. The molecule has 21 heavy (non-hydrogen) atoms. The van der Waals surface area contributed by atoms with Crippen LogP contribution in [0.25, 0.3) is 0 Å². The second-order valence-corrected chi connectivity index (χ2v) is 8.78. The zero-order valence-electron chi connectivity index (χ0n) is 11.1. The molecule has 4 nitrogen and oxygen atoms in total. The molecule has 112 valence electrons. The first-order valence-corrected chi connectivity index (χ1v) is 9.82. The average Bonchev–Trinajstić information content (AvgIpc) is 3.04. The van der Waals surface area contributed by atoms with Gasteiger partial charge in [-0.25, -0.2) is 4.98 Å². The Labute approximate surface area is 148 Å². The van der Waals surface area contributed by atoms with Gasteiger partial charge < -0.3 is 9.80 Å². The van der Waals surface area contributed by atoms with Crippen LogP contribution < -0.4 is 4.90 Å². The van der Waals surface area contributed by atoms with E-state index in [9.17, 15) is 4.79 Å². The Bertz CT molecular complexity index is 610. The number of hydrogen-bond donors (Lipinski definition) is 0. The fraction of sp³-hybridized carbons (Fsp3) is 0.385. The van der Waals surface area contributed by atoms with Gasteiger partial charge in [-0.1, -0.05) is 0 Å². The van der Waals surface area contributed by atoms with Gasteiger partial charge in [0.15, 0.2) is 5.13 Å². The summed E-state index contributed by atoms with van der Waals surface area (Å²) < 4.78 is 1.90. The van der Waals surface area contributed by atoms with Crippen molar-refractivity contribution < 1.29 is 4.79 Å². The molecule has 1 saturated heterocycles. The highest BCUT2D eigenvalue weighted by atomic mass is 79.9. The summed E-state index contributed by atoms with van der Waals surface area (Å²) in [6.07, 6.45) is 2.80. The molecule has 0 radical (unpaired) electrons. The van der Waals surface area contributed by atoms with Crippen molar-refractivity contribution in [3.63, 3.8) is 0 Å². The van der Waals surface area contributed by atoms with Gasteiger partial charge in [0.1, 0.15) is 0 Å². The molecule has 0 N–H and O–H groups in total. The highest BCUT2D eigenvalue weighted by molar-refractivity contribution is 9.13. The van der Waals surface area contributed by atoms with Crippen LogP contribution in [0, 0.1) is 0 Å². The largest absolute Gasteiger partial charge is 0.346 e. The maximum absolute atomic E-state index is 12.6. The number of nitrogens with zero attached hydrogens (tertiary/aromatic N) is 3. The zero-order valence-corrected chi connectivity index (χ0v) is 15.9. The van der Waals surface area contributed by atoms with Crippen LogP contribution >= 0.6 is 54.5 Å². The van der Waals surface area contributed by atoms with Gasteiger partial charge in [0.25, 0.3) is 5.91 Å². The SMILES string of the molecule is O=C(c1cc(Br)c(Br)s1)N1CCCN(c2nccs2)CC1. The number of hydrogen-bond acceptors (Lipinski definition) is 5. The van der Waals surface area contributed by atoms with Crippen LogP contribution in [0.4, 0.5) is 5.13 Å². The van der Waals surface area contributed by atoms with Crippen LogP contribution in [0.1, 0.15) is 16.1 Å². The third kappa shape index (κ3) is 3.49. The van der Waals surface area contributed by atoms with E-state index in [1.165, 1.54) is 11.3 Å². The Hall–Kier alpha value is -0.440. The summed E-state index contributed by atoms with van der Waals surface area (Å²) in [5.41, 5.74) is 0. The molecule has 0 spiro atoms. The van der Waals surface area contributed by atoms with Gasteiger partial charge in [-0.05, 0) is 44.3 Å². The van der Waals surface area contributed by atoms with Crippen molar-refractivity contribution >= 4 is 65.6 Å². The number of thiophene rings is 1. The monoisotopic (exact) mass is 449 g/mol. The van der Waals surface area contributed by atoms with E-state index in [-0.39, 0.29) is 5.91 Å². The minimum Gasteiger partial charge on any atom is -0.346 e. The van der Waals surface area contributed by atoms with Crippen molar-refractivity contribution in [2.75, 3.05) is 31.1 Å². The number of amides is 1. The third-order valence-electron chi connectivity index (χ3n) is 3.33. The summed E-state index contributed by atoms with van der Waals surface area (Å²) in [6, 6.07) is 1.89. The quantitative estimate of drug-likeness (QED) is 0.691. The standard InChI is InChI=1S/C13H13Br2N3OS2/c14-9-8-10(21-11(9)15)12(19)17-3-1-4-18(6-5-17)13-16-2-7-20-13/h2,7-8H,1,3-6H2. The van der Waals surface area contributed by atoms with Gasteiger partial charge in [-0.15, -0.1) is 22.7 Å². The van der Waals surface area contributed by atoms with Crippen molar-refractivity contribution in [1.29, 1.82) is 0 Å². The molecule has 0 aromatic carbocycles. The van der Waals surface area contributed by atoms with Gasteiger partial charge in [-0.3, -0.25) is 4.79 Å². The maximum Gasteiger partial charge on any atom is 0.264 e. The van der Waals surface area contributed by atoms with E-state index in [1.54, 1.807) is 11.3 Å². The van der Waals surface area contributed by atoms with E-state index < -0.39 is 0 Å². The topological polar surface area (TPSA) is 36.4 Å². The number of carbonyl (C=O) groups is 1. The number of halogens is 2. The van der Waals surface area contributed by atoms with Gasteiger partial charge in [0.2, 0.25) is 0 Å². The molecule has 2 aromatic heterocycles. The summed E-state index contributed by atoms with van der Waals surface area (Å²) >= 11 is 10.0. The Morgan fingerprint density at radius 2 is 2.10 bits per heavy atom. The summed E-state index contributed by atoms with van der Waals surface area (Å²) in [4.78, 5) is 21.9. The normalized spacial score (nSPS) is 16.1. The predicted octanol–water partition coefficient (Wildman–Crippen LogP) is 4.08. The van der Waals surface area contributed by atoms with Crippen LogP contribution in [0.2, 0.25) is 0 Å². The average molecular weight is 451 g/mol. The van der Waals surface area contributed by atoms with Crippen LogP contribution in [-0.4, -0.2) is 42.0 Å². The van der Waals surface area contributed by atoms with E-state index >= 15 is 0 Å². The molecular weight excluding hydrogens is 438 g/mol. The lowest BCUT2D eigenvalue weighted by Gasteiger charge is -2.21. The molecule has 1 amide bonds. The lowest BCUT2D eigenvalue weighted by molar-refractivity contribution is 0.0772. The number of rotatable bonds is 2. The third-order valence-corrected chi connectivity index (χ3v) is 7.41. The summed E-state index contributed by atoms with van der Waals surface area (Å²) in [5, 5.41) is 3.04. The number of carbonyl (C=O) groups excluding carboxylic acids is 1. The molecule has 1 fully saturated rings. The second-order valence-electron chi connectivity index (χ2n) is 4.68. The highest BCUT2D eigenvalue weighted by Crippen LogP contribution is 2.33. The molecule has 3 heterocycles. The number of anilines is 1. The lowest BCUT2D eigenvalue weighted by Crippen LogP contribution is -2.34. The molecule has 1 aliphatic rings. The molecule has 8 heteroatoms. The molecule has 2 aromatic rings.